The highest BCUT2D eigenvalue weighted by molar-refractivity contribution is 4.85. The van der Waals surface area contributed by atoms with Crippen LogP contribution in [-0.4, -0.2) is 36.6 Å². The molecule has 0 spiro atoms. The van der Waals surface area contributed by atoms with Gasteiger partial charge in [0.15, 0.2) is 0 Å². The van der Waals surface area contributed by atoms with Crippen LogP contribution < -0.4 is 5.32 Å². The summed E-state index contributed by atoms with van der Waals surface area (Å²) < 4.78 is 0. The van der Waals surface area contributed by atoms with E-state index in [-0.39, 0.29) is 0 Å². The minimum absolute atomic E-state index is 0.749. The first-order valence-corrected chi connectivity index (χ1v) is 7.13. The number of nitrogens with zero attached hydrogens (tertiary/aromatic N) is 1. The van der Waals surface area contributed by atoms with E-state index in [1.807, 2.05) is 0 Å². The summed E-state index contributed by atoms with van der Waals surface area (Å²) in [7, 11) is 0. The number of rotatable bonds is 7. The summed E-state index contributed by atoms with van der Waals surface area (Å²) >= 11 is 0. The maximum atomic E-state index is 3.51. The zero-order valence-electron chi connectivity index (χ0n) is 11.6. The van der Waals surface area contributed by atoms with Gasteiger partial charge >= 0.3 is 0 Å². The molecule has 0 radical (unpaired) electrons. The predicted octanol–water partition coefficient (Wildman–Crippen LogP) is 2.89. The van der Waals surface area contributed by atoms with Crippen LogP contribution in [0.2, 0.25) is 0 Å². The molecule has 0 amide bonds. The lowest BCUT2D eigenvalue weighted by Gasteiger charge is -2.33. The van der Waals surface area contributed by atoms with E-state index in [0.29, 0.717) is 0 Å². The van der Waals surface area contributed by atoms with E-state index in [4.69, 9.17) is 0 Å². The first-order chi connectivity index (χ1) is 7.66. The third kappa shape index (κ3) is 4.06. The number of hydrogen-bond acceptors (Lipinski definition) is 2. The van der Waals surface area contributed by atoms with Gasteiger partial charge in [0.1, 0.15) is 0 Å². The molecule has 2 atom stereocenters. The molecule has 1 aliphatic heterocycles. The zero-order chi connectivity index (χ0) is 12.0. The van der Waals surface area contributed by atoms with Gasteiger partial charge in [-0.3, -0.25) is 4.90 Å². The summed E-state index contributed by atoms with van der Waals surface area (Å²) in [6.45, 7) is 13.0. The van der Waals surface area contributed by atoms with Crippen molar-refractivity contribution in [1.82, 2.24) is 10.2 Å². The molecule has 2 heteroatoms. The Morgan fingerprint density at radius 1 is 1.25 bits per heavy atom. The molecule has 0 aromatic rings. The average molecular weight is 226 g/mol. The van der Waals surface area contributed by atoms with Crippen molar-refractivity contribution in [2.24, 2.45) is 5.92 Å². The van der Waals surface area contributed by atoms with Crippen LogP contribution in [0.15, 0.2) is 0 Å². The lowest BCUT2D eigenvalue weighted by atomic mass is 10.0. The third-order valence-corrected chi connectivity index (χ3v) is 3.84. The Balaban J connectivity index is 2.26. The topological polar surface area (TPSA) is 15.3 Å². The lowest BCUT2D eigenvalue weighted by molar-refractivity contribution is 0.148. The molecule has 0 bridgehead atoms. The molecular weight excluding hydrogens is 196 g/mol. The quantitative estimate of drug-likeness (QED) is 0.672. The summed E-state index contributed by atoms with van der Waals surface area (Å²) in [4.78, 5) is 2.73. The SMILES string of the molecule is CCCNCCC(C)N1CCCC1C(C)C. The van der Waals surface area contributed by atoms with Crippen LogP contribution in [0.5, 0.6) is 0 Å². The molecule has 1 saturated heterocycles. The van der Waals surface area contributed by atoms with Crippen molar-refractivity contribution >= 4 is 0 Å². The molecule has 1 rings (SSSR count). The van der Waals surface area contributed by atoms with E-state index < -0.39 is 0 Å². The van der Waals surface area contributed by atoms with Crippen molar-refractivity contribution < 1.29 is 0 Å². The second kappa shape index (κ2) is 7.29. The Morgan fingerprint density at radius 3 is 2.62 bits per heavy atom. The van der Waals surface area contributed by atoms with Gasteiger partial charge in [0.05, 0.1) is 0 Å². The Kier molecular flexibility index (Phi) is 6.37. The van der Waals surface area contributed by atoms with Gasteiger partial charge in [-0.15, -0.1) is 0 Å². The maximum absolute atomic E-state index is 3.51. The van der Waals surface area contributed by atoms with Crippen molar-refractivity contribution in [1.29, 1.82) is 0 Å². The normalized spacial score (nSPS) is 24.2. The van der Waals surface area contributed by atoms with Crippen LogP contribution in [0.25, 0.3) is 0 Å². The zero-order valence-corrected chi connectivity index (χ0v) is 11.6. The van der Waals surface area contributed by atoms with Gasteiger partial charge in [-0.25, -0.2) is 0 Å². The minimum atomic E-state index is 0.749. The molecule has 1 N–H and O–H groups in total. The largest absolute Gasteiger partial charge is 0.317 e. The van der Waals surface area contributed by atoms with Gasteiger partial charge in [0, 0.05) is 12.1 Å². The highest BCUT2D eigenvalue weighted by atomic mass is 15.2. The minimum Gasteiger partial charge on any atom is -0.317 e. The predicted molar refractivity (Wildman–Crippen MR) is 71.8 cm³/mol. The standard InChI is InChI=1S/C14H30N2/c1-5-9-15-10-8-13(4)16-11-6-7-14(16)12(2)3/h12-15H,5-11H2,1-4H3. The van der Waals surface area contributed by atoms with Gasteiger partial charge in [-0.05, 0) is 58.2 Å². The van der Waals surface area contributed by atoms with E-state index in [9.17, 15) is 0 Å². The van der Waals surface area contributed by atoms with Gasteiger partial charge in [-0.2, -0.15) is 0 Å². The Labute approximate surface area is 102 Å². The van der Waals surface area contributed by atoms with Gasteiger partial charge in [0.2, 0.25) is 0 Å². The van der Waals surface area contributed by atoms with Crippen molar-refractivity contribution in [3.63, 3.8) is 0 Å². The maximum Gasteiger partial charge on any atom is 0.0121 e. The Morgan fingerprint density at radius 2 is 2.00 bits per heavy atom. The number of likely N-dealkylation sites (tertiary alicyclic amines) is 1. The highest BCUT2D eigenvalue weighted by Crippen LogP contribution is 2.26. The molecule has 0 aromatic heterocycles. The van der Waals surface area contributed by atoms with Crippen LogP contribution in [0, 0.1) is 5.92 Å². The second-order valence-corrected chi connectivity index (χ2v) is 5.58. The average Bonchev–Trinajstić information content (AvgIpc) is 2.73. The van der Waals surface area contributed by atoms with E-state index in [1.165, 1.54) is 45.3 Å². The highest BCUT2D eigenvalue weighted by Gasteiger charge is 2.29. The Hall–Kier alpha value is -0.0800. The fraction of sp³-hybridized carbons (Fsp3) is 1.00. The van der Waals surface area contributed by atoms with Crippen LogP contribution >= 0.6 is 0 Å². The number of hydrogen-bond donors (Lipinski definition) is 1. The fourth-order valence-electron chi connectivity index (χ4n) is 2.86. The van der Waals surface area contributed by atoms with E-state index in [2.05, 4.69) is 37.9 Å². The van der Waals surface area contributed by atoms with Crippen LogP contribution in [0.3, 0.4) is 0 Å². The van der Waals surface area contributed by atoms with E-state index in [0.717, 1.165) is 18.0 Å². The van der Waals surface area contributed by atoms with Crippen molar-refractivity contribution in [3.8, 4) is 0 Å². The van der Waals surface area contributed by atoms with Gasteiger partial charge in [-0.1, -0.05) is 20.8 Å². The third-order valence-electron chi connectivity index (χ3n) is 3.84. The van der Waals surface area contributed by atoms with E-state index in [1.54, 1.807) is 0 Å². The van der Waals surface area contributed by atoms with Crippen LogP contribution in [0.1, 0.15) is 53.4 Å². The van der Waals surface area contributed by atoms with Gasteiger partial charge < -0.3 is 5.32 Å². The van der Waals surface area contributed by atoms with Gasteiger partial charge in [0.25, 0.3) is 0 Å². The van der Waals surface area contributed by atoms with Crippen molar-refractivity contribution in [2.75, 3.05) is 19.6 Å². The summed E-state index contributed by atoms with van der Waals surface area (Å²) in [6, 6.07) is 1.58. The fourth-order valence-corrected chi connectivity index (χ4v) is 2.86. The first kappa shape index (κ1) is 14.0. The van der Waals surface area contributed by atoms with E-state index >= 15 is 0 Å². The van der Waals surface area contributed by atoms with Crippen LogP contribution in [0.4, 0.5) is 0 Å². The van der Waals surface area contributed by atoms with Crippen LogP contribution in [-0.2, 0) is 0 Å². The Bertz CT molecular complexity index is 180. The summed E-state index contributed by atoms with van der Waals surface area (Å²) in [5.74, 6) is 0.813. The molecular formula is C14H30N2. The summed E-state index contributed by atoms with van der Waals surface area (Å²) in [5, 5.41) is 3.51. The number of nitrogens with one attached hydrogen (secondary N) is 1. The molecule has 1 fully saturated rings. The van der Waals surface area contributed by atoms with Crippen molar-refractivity contribution in [3.05, 3.63) is 0 Å². The molecule has 1 aliphatic rings. The molecule has 0 saturated carbocycles. The molecule has 2 unspecified atom stereocenters. The molecule has 2 nitrogen and oxygen atoms in total. The first-order valence-electron chi connectivity index (χ1n) is 7.13. The lowest BCUT2D eigenvalue weighted by Crippen LogP contribution is -2.41. The second-order valence-electron chi connectivity index (χ2n) is 5.58. The molecule has 16 heavy (non-hydrogen) atoms. The molecule has 0 aromatic carbocycles. The molecule has 0 aliphatic carbocycles. The smallest absolute Gasteiger partial charge is 0.0121 e. The molecule has 1 heterocycles. The summed E-state index contributed by atoms with van der Waals surface area (Å²) in [5.41, 5.74) is 0. The summed E-state index contributed by atoms with van der Waals surface area (Å²) in [6.07, 6.45) is 5.34. The monoisotopic (exact) mass is 226 g/mol. The van der Waals surface area contributed by atoms with Crippen molar-refractivity contribution in [2.45, 2.75) is 65.5 Å². The molecule has 96 valence electrons.